The van der Waals surface area contributed by atoms with Gasteiger partial charge in [-0.15, -0.1) is 0 Å². The molecule has 1 aliphatic heterocycles. The standard InChI is InChI=1S/C21H29I3N6O6/c1-10-15(22)13(17(24)14(16(10)23)20(36)29(4-6-31)5-7-32)18(34)28-12(8-27-21(25)26)19(35)30-3-2-11(33)9-30/h11-12,31-33H,2-9H2,1H3,(H,28,34)(H4,25,26,27). The molecule has 12 nitrogen and oxygen atoms in total. The summed E-state index contributed by atoms with van der Waals surface area (Å²) >= 11 is 6.00. The fraction of sp³-hybridized carbons (Fsp3) is 0.524. The van der Waals surface area contributed by atoms with Crippen LogP contribution in [0.25, 0.3) is 0 Å². The molecule has 1 aliphatic rings. The molecule has 1 heterocycles. The molecule has 0 bridgehead atoms. The number of rotatable bonds is 10. The summed E-state index contributed by atoms with van der Waals surface area (Å²) in [5.41, 5.74) is 12.1. The van der Waals surface area contributed by atoms with Crippen molar-refractivity contribution in [3.8, 4) is 0 Å². The Labute approximate surface area is 249 Å². The number of likely N-dealkylation sites (tertiary alicyclic amines) is 1. The molecule has 8 N–H and O–H groups in total. The van der Waals surface area contributed by atoms with Gasteiger partial charge in [0.15, 0.2) is 5.96 Å². The van der Waals surface area contributed by atoms with E-state index in [2.05, 4.69) is 10.3 Å². The number of guanidine groups is 1. The second-order valence-electron chi connectivity index (χ2n) is 8.07. The maximum absolute atomic E-state index is 13.5. The van der Waals surface area contributed by atoms with E-state index in [0.717, 1.165) is 0 Å². The Morgan fingerprint density at radius 1 is 1.11 bits per heavy atom. The Hall–Kier alpha value is -1.03. The van der Waals surface area contributed by atoms with E-state index >= 15 is 0 Å². The molecular formula is C21H29I3N6O6. The van der Waals surface area contributed by atoms with Gasteiger partial charge in [0.05, 0.1) is 37.0 Å². The number of aliphatic imine (C=N–C) groups is 1. The first-order valence-corrected chi connectivity index (χ1v) is 14.2. The Morgan fingerprint density at radius 2 is 1.69 bits per heavy atom. The monoisotopic (exact) mass is 842 g/mol. The number of benzene rings is 1. The molecule has 0 saturated carbocycles. The maximum Gasteiger partial charge on any atom is 0.256 e. The number of nitrogens with zero attached hydrogens (tertiary/aromatic N) is 3. The predicted molar refractivity (Wildman–Crippen MR) is 159 cm³/mol. The Bertz CT molecular complexity index is 1030. The summed E-state index contributed by atoms with van der Waals surface area (Å²) in [6, 6.07) is -1.09. The largest absolute Gasteiger partial charge is 0.395 e. The summed E-state index contributed by atoms with van der Waals surface area (Å²) < 4.78 is 1.62. The number of hydrogen-bond acceptors (Lipinski definition) is 7. The number of hydrogen-bond donors (Lipinski definition) is 6. The number of β-amino-alcohol motifs (C(OH)–C–C–N with tert-alkyl or cyclic N) is 1. The first-order chi connectivity index (χ1) is 16.9. The molecule has 3 amide bonds. The van der Waals surface area contributed by atoms with Crippen molar-refractivity contribution >= 4 is 91.5 Å². The molecule has 1 aromatic carbocycles. The molecule has 2 atom stereocenters. The maximum atomic E-state index is 13.5. The normalized spacial score (nSPS) is 16.0. The van der Waals surface area contributed by atoms with Crippen LogP contribution in [0.2, 0.25) is 0 Å². The van der Waals surface area contributed by atoms with Crippen molar-refractivity contribution in [3.63, 3.8) is 0 Å². The third kappa shape index (κ3) is 7.51. The van der Waals surface area contributed by atoms with Gasteiger partial charge in [0, 0.05) is 36.9 Å². The number of amides is 3. The number of nitrogens with one attached hydrogen (secondary N) is 1. The number of halogens is 3. The third-order valence-corrected chi connectivity index (χ3v) is 9.31. The summed E-state index contributed by atoms with van der Waals surface area (Å²) in [6.45, 7) is 1.56. The van der Waals surface area contributed by atoms with E-state index in [0.29, 0.717) is 29.2 Å². The van der Waals surface area contributed by atoms with Crippen molar-refractivity contribution in [1.82, 2.24) is 15.1 Å². The zero-order chi connectivity index (χ0) is 27.2. The molecule has 15 heteroatoms. The van der Waals surface area contributed by atoms with Crippen LogP contribution in [0.1, 0.15) is 32.7 Å². The Morgan fingerprint density at radius 3 is 2.19 bits per heavy atom. The van der Waals surface area contributed by atoms with E-state index in [-0.39, 0.29) is 56.5 Å². The van der Waals surface area contributed by atoms with Crippen molar-refractivity contribution in [2.45, 2.75) is 25.5 Å². The quantitative estimate of drug-likeness (QED) is 0.100. The first-order valence-electron chi connectivity index (χ1n) is 11.0. The average molecular weight is 842 g/mol. The Balaban J connectivity index is 2.48. The topological polar surface area (TPSA) is 195 Å². The number of aliphatic hydroxyl groups excluding tert-OH is 3. The molecule has 36 heavy (non-hydrogen) atoms. The zero-order valence-electron chi connectivity index (χ0n) is 19.5. The molecule has 1 saturated heterocycles. The summed E-state index contributed by atoms with van der Waals surface area (Å²) in [6.07, 6.45) is -0.201. The molecular weight excluding hydrogens is 813 g/mol. The zero-order valence-corrected chi connectivity index (χ0v) is 26.0. The van der Waals surface area contributed by atoms with Gasteiger partial charge in [-0.2, -0.15) is 0 Å². The van der Waals surface area contributed by atoms with E-state index in [4.69, 9.17) is 11.5 Å². The van der Waals surface area contributed by atoms with Gasteiger partial charge < -0.3 is 41.9 Å². The van der Waals surface area contributed by atoms with Crippen LogP contribution >= 0.6 is 67.8 Å². The van der Waals surface area contributed by atoms with Gasteiger partial charge in [-0.3, -0.25) is 19.4 Å². The highest BCUT2D eigenvalue weighted by Gasteiger charge is 2.33. The van der Waals surface area contributed by atoms with Crippen molar-refractivity contribution < 1.29 is 29.7 Å². The van der Waals surface area contributed by atoms with E-state index in [1.165, 1.54) is 9.80 Å². The molecule has 0 aliphatic carbocycles. The lowest BCUT2D eigenvalue weighted by atomic mass is 10.0. The molecule has 0 spiro atoms. The molecule has 2 unspecified atom stereocenters. The van der Waals surface area contributed by atoms with Gasteiger partial charge in [0.25, 0.3) is 11.8 Å². The molecule has 0 radical (unpaired) electrons. The second kappa shape index (κ2) is 14.2. The lowest BCUT2D eigenvalue weighted by molar-refractivity contribution is -0.132. The van der Waals surface area contributed by atoms with E-state index in [9.17, 15) is 29.7 Å². The number of carbonyl (C=O) groups excluding carboxylic acids is 3. The van der Waals surface area contributed by atoms with Gasteiger partial charge in [0.1, 0.15) is 6.04 Å². The molecule has 1 fully saturated rings. The van der Waals surface area contributed by atoms with Crippen molar-refractivity contribution in [1.29, 1.82) is 0 Å². The van der Waals surface area contributed by atoms with Crippen LogP contribution in [0.5, 0.6) is 0 Å². The Kier molecular flexibility index (Phi) is 12.3. The van der Waals surface area contributed by atoms with Gasteiger partial charge in [-0.25, -0.2) is 0 Å². The summed E-state index contributed by atoms with van der Waals surface area (Å²) in [7, 11) is 0. The van der Waals surface area contributed by atoms with Crippen LogP contribution in [0.15, 0.2) is 4.99 Å². The lowest BCUT2D eigenvalue weighted by Crippen LogP contribution is -2.50. The van der Waals surface area contributed by atoms with Gasteiger partial charge in [0.2, 0.25) is 5.91 Å². The minimum Gasteiger partial charge on any atom is -0.395 e. The fourth-order valence-corrected chi connectivity index (χ4v) is 7.78. The van der Waals surface area contributed by atoms with Crippen molar-refractivity contribution in [3.05, 3.63) is 27.4 Å². The van der Waals surface area contributed by atoms with Gasteiger partial charge in [-0.1, -0.05) is 0 Å². The smallest absolute Gasteiger partial charge is 0.256 e. The van der Waals surface area contributed by atoms with Crippen LogP contribution in [0, 0.1) is 17.6 Å². The number of aliphatic hydroxyl groups is 3. The lowest BCUT2D eigenvalue weighted by Gasteiger charge is -2.26. The SMILES string of the molecule is Cc1c(I)c(C(=O)NC(CN=C(N)N)C(=O)N2CCC(O)C2)c(I)c(C(=O)N(CCO)CCO)c1I. The van der Waals surface area contributed by atoms with Gasteiger partial charge in [-0.05, 0) is 86.7 Å². The van der Waals surface area contributed by atoms with Gasteiger partial charge >= 0.3 is 0 Å². The van der Waals surface area contributed by atoms with E-state index in [1.807, 2.05) is 67.8 Å². The first kappa shape index (κ1) is 31.2. The summed E-state index contributed by atoms with van der Waals surface area (Å²) in [4.78, 5) is 46.6. The minimum absolute atomic E-state index is 0.0227. The highest BCUT2D eigenvalue weighted by Crippen LogP contribution is 2.32. The molecule has 200 valence electrons. The fourth-order valence-electron chi connectivity index (χ4n) is 3.67. The van der Waals surface area contributed by atoms with Crippen molar-refractivity contribution in [2.24, 2.45) is 16.5 Å². The highest BCUT2D eigenvalue weighted by atomic mass is 127. The highest BCUT2D eigenvalue weighted by molar-refractivity contribution is 14.1. The van der Waals surface area contributed by atoms with Crippen LogP contribution in [0.3, 0.4) is 0 Å². The predicted octanol–water partition coefficient (Wildman–Crippen LogP) is -0.799. The second-order valence-corrected chi connectivity index (χ2v) is 11.3. The molecule has 2 rings (SSSR count). The summed E-state index contributed by atoms with van der Waals surface area (Å²) in [5, 5.41) is 31.3. The summed E-state index contributed by atoms with van der Waals surface area (Å²) in [5.74, 6) is -1.68. The number of carbonyl (C=O) groups is 3. The van der Waals surface area contributed by atoms with E-state index in [1.54, 1.807) is 6.92 Å². The van der Waals surface area contributed by atoms with Crippen molar-refractivity contribution in [2.75, 3.05) is 45.9 Å². The number of nitrogens with two attached hydrogens (primary N) is 2. The van der Waals surface area contributed by atoms with Crippen LogP contribution in [0.4, 0.5) is 0 Å². The van der Waals surface area contributed by atoms with Crippen LogP contribution in [-0.2, 0) is 4.79 Å². The van der Waals surface area contributed by atoms with Crippen LogP contribution < -0.4 is 16.8 Å². The minimum atomic E-state index is -1.09. The average Bonchev–Trinajstić information content (AvgIpc) is 3.25. The third-order valence-electron chi connectivity index (χ3n) is 5.54. The molecule has 0 aromatic heterocycles. The molecule has 1 aromatic rings. The van der Waals surface area contributed by atoms with E-state index < -0.39 is 29.9 Å². The van der Waals surface area contributed by atoms with Crippen LogP contribution in [-0.4, -0.2) is 107 Å².